The third kappa shape index (κ3) is 8.42. The molecule has 3 aromatic carbocycles. The van der Waals surface area contributed by atoms with Crippen molar-refractivity contribution in [2.24, 2.45) is 11.7 Å². The minimum Gasteiger partial charge on any atom is -0.481 e. The van der Waals surface area contributed by atoms with Crippen molar-refractivity contribution >= 4 is 23.6 Å². The number of benzene rings is 3. The zero-order valence-electron chi connectivity index (χ0n) is 20.9. The highest BCUT2D eigenvalue weighted by Gasteiger charge is 2.24. The molecule has 2 amide bonds. The summed E-state index contributed by atoms with van der Waals surface area (Å²) in [6.45, 7) is 1.55. The number of nitrogens with two attached hydrogens (primary N) is 1. The molecule has 192 valence electrons. The summed E-state index contributed by atoms with van der Waals surface area (Å²) in [5.41, 5.74) is 10.8. The maximum absolute atomic E-state index is 12.4. The summed E-state index contributed by atoms with van der Waals surface area (Å²) < 4.78 is 0. The van der Waals surface area contributed by atoms with Crippen molar-refractivity contribution in [1.82, 2.24) is 5.32 Å². The number of rotatable bonds is 13. The fourth-order valence-electron chi connectivity index (χ4n) is 4.06. The number of carbonyl (C=O) groups is 4. The van der Waals surface area contributed by atoms with E-state index >= 15 is 0 Å². The zero-order chi connectivity index (χ0) is 26.8. The Morgan fingerprint density at radius 1 is 0.784 bits per heavy atom. The van der Waals surface area contributed by atoms with Gasteiger partial charge in [-0.1, -0.05) is 78.9 Å². The first-order chi connectivity index (χ1) is 17.7. The lowest BCUT2D eigenvalue weighted by molar-refractivity contribution is -0.138. The molecule has 0 aliphatic rings. The van der Waals surface area contributed by atoms with Crippen LogP contribution in [-0.4, -0.2) is 34.7 Å². The van der Waals surface area contributed by atoms with E-state index in [0.717, 1.165) is 22.3 Å². The van der Waals surface area contributed by atoms with Crippen LogP contribution in [0.3, 0.4) is 0 Å². The highest BCUT2D eigenvalue weighted by atomic mass is 16.4. The summed E-state index contributed by atoms with van der Waals surface area (Å²) in [5.74, 6) is -3.28. The molecule has 0 bridgehead atoms. The second-order valence-electron chi connectivity index (χ2n) is 9.13. The summed E-state index contributed by atoms with van der Waals surface area (Å²) >= 11 is 0. The van der Waals surface area contributed by atoms with Gasteiger partial charge in [0.05, 0.1) is 6.04 Å². The minimum atomic E-state index is -1.06. The molecule has 7 heteroatoms. The number of hydrogen-bond donors (Lipinski definition) is 3. The fourth-order valence-corrected chi connectivity index (χ4v) is 4.06. The third-order valence-electron chi connectivity index (χ3n) is 6.34. The first-order valence-corrected chi connectivity index (χ1v) is 12.3. The van der Waals surface area contributed by atoms with Crippen LogP contribution in [0.15, 0.2) is 78.9 Å². The molecule has 0 spiro atoms. The molecular formula is C30H32N2O5. The maximum atomic E-state index is 12.4. The Kier molecular flexibility index (Phi) is 9.72. The van der Waals surface area contributed by atoms with Crippen LogP contribution in [0.4, 0.5) is 0 Å². The van der Waals surface area contributed by atoms with Gasteiger partial charge in [-0.2, -0.15) is 0 Å². The van der Waals surface area contributed by atoms with E-state index in [1.165, 1.54) is 5.56 Å². The van der Waals surface area contributed by atoms with Crippen molar-refractivity contribution in [3.63, 3.8) is 0 Å². The minimum absolute atomic E-state index is 0.00968. The highest BCUT2D eigenvalue weighted by molar-refractivity contribution is 5.92. The molecule has 7 nitrogen and oxygen atoms in total. The lowest BCUT2D eigenvalue weighted by Crippen LogP contribution is -2.40. The monoisotopic (exact) mass is 500 g/mol. The predicted molar refractivity (Wildman–Crippen MR) is 142 cm³/mol. The number of carboxylic acids is 1. The number of carboxylic acid groups (broad SMARTS) is 1. The van der Waals surface area contributed by atoms with Gasteiger partial charge in [0.15, 0.2) is 5.78 Å². The standard InChI is InChI=1S/C30H32N2O5/c1-20(27(33)19-26(30(31)37)16-18-29(35)36)32-28(34)17-9-21-7-10-23(11-8-21)25-14-12-24(13-15-25)22-5-3-2-4-6-22/h2-8,10-15,20,26H,9,16-19H2,1H3,(H2,31,37)(H,32,34)(H,35,36)/t20-,26+/m0/s1. The second-order valence-corrected chi connectivity index (χ2v) is 9.13. The van der Waals surface area contributed by atoms with Crippen LogP contribution in [0, 0.1) is 5.92 Å². The molecule has 0 aliphatic heterocycles. The van der Waals surface area contributed by atoms with E-state index in [4.69, 9.17) is 10.8 Å². The van der Waals surface area contributed by atoms with E-state index in [9.17, 15) is 19.2 Å². The van der Waals surface area contributed by atoms with Gasteiger partial charge in [0.25, 0.3) is 0 Å². The molecule has 3 rings (SSSR count). The molecule has 0 saturated heterocycles. The largest absolute Gasteiger partial charge is 0.481 e. The van der Waals surface area contributed by atoms with Gasteiger partial charge < -0.3 is 16.2 Å². The van der Waals surface area contributed by atoms with Crippen molar-refractivity contribution in [2.45, 2.75) is 45.1 Å². The van der Waals surface area contributed by atoms with Gasteiger partial charge in [-0.15, -0.1) is 0 Å². The molecule has 0 heterocycles. The highest BCUT2D eigenvalue weighted by Crippen LogP contribution is 2.25. The van der Waals surface area contributed by atoms with E-state index in [1.807, 2.05) is 42.5 Å². The Morgan fingerprint density at radius 3 is 1.81 bits per heavy atom. The number of Topliss-reactive ketones (excluding diaryl/α,β-unsaturated/α-hetero) is 1. The SMILES string of the molecule is C[C@H](NC(=O)CCc1ccc(-c2ccc(-c3ccccc3)cc2)cc1)C(=O)C[C@@H](CCC(=O)O)C(N)=O. The third-order valence-corrected chi connectivity index (χ3v) is 6.34. The molecule has 3 aromatic rings. The lowest BCUT2D eigenvalue weighted by atomic mass is 9.94. The average Bonchev–Trinajstić information content (AvgIpc) is 2.90. The number of amides is 2. The van der Waals surface area contributed by atoms with Crippen LogP contribution in [0.1, 0.15) is 38.2 Å². The van der Waals surface area contributed by atoms with Crippen molar-refractivity contribution < 1.29 is 24.3 Å². The molecule has 0 radical (unpaired) electrons. The van der Waals surface area contributed by atoms with Gasteiger partial charge in [0.1, 0.15) is 0 Å². The smallest absolute Gasteiger partial charge is 0.303 e. The Hall–Kier alpha value is -4.26. The Labute approximate surface area is 216 Å². The van der Waals surface area contributed by atoms with Crippen LogP contribution in [-0.2, 0) is 25.6 Å². The molecule has 4 N–H and O–H groups in total. The molecule has 0 saturated carbocycles. The predicted octanol–water partition coefficient (Wildman–Crippen LogP) is 4.38. The average molecular weight is 501 g/mol. The molecule has 0 unspecified atom stereocenters. The van der Waals surface area contributed by atoms with Crippen LogP contribution >= 0.6 is 0 Å². The van der Waals surface area contributed by atoms with Crippen molar-refractivity contribution in [2.75, 3.05) is 0 Å². The van der Waals surface area contributed by atoms with Crippen molar-refractivity contribution in [3.8, 4) is 22.3 Å². The zero-order valence-corrected chi connectivity index (χ0v) is 20.9. The molecular weight excluding hydrogens is 468 g/mol. The van der Waals surface area contributed by atoms with E-state index in [-0.39, 0.29) is 37.4 Å². The van der Waals surface area contributed by atoms with E-state index < -0.39 is 23.8 Å². The first-order valence-electron chi connectivity index (χ1n) is 12.3. The molecule has 37 heavy (non-hydrogen) atoms. The van der Waals surface area contributed by atoms with E-state index in [1.54, 1.807) is 6.92 Å². The number of carbonyl (C=O) groups excluding carboxylic acids is 3. The second kappa shape index (κ2) is 13.2. The maximum Gasteiger partial charge on any atom is 0.303 e. The summed E-state index contributed by atoms with van der Waals surface area (Å²) in [4.78, 5) is 47.1. The fraction of sp³-hybridized carbons (Fsp3) is 0.267. The topological polar surface area (TPSA) is 127 Å². The molecule has 0 aromatic heterocycles. The Morgan fingerprint density at radius 2 is 1.30 bits per heavy atom. The molecule has 0 aliphatic carbocycles. The summed E-state index contributed by atoms with van der Waals surface area (Å²) in [7, 11) is 0. The van der Waals surface area contributed by atoms with E-state index in [0.29, 0.717) is 6.42 Å². The van der Waals surface area contributed by atoms with Crippen LogP contribution < -0.4 is 11.1 Å². The number of aryl methyl sites for hydroxylation is 1. The van der Waals surface area contributed by atoms with Gasteiger partial charge in [-0.25, -0.2) is 0 Å². The number of hydrogen-bond acceptors (Lipinski definition) is 4. The van der Waals surface area contributed by atoms with Crippen molar-refractivity contribution in [1.29, 1.82) is 0 Å². The van der Waals surface area contributed by atoms with Crippen LogP contribution in [0.2, 0.25) is 0 Å². The van der Waals surface area contributed by atoms with Gasteiger partial charge >= 0.3 is 5.97 Å². The van der Waals surface area contributed by atoms with Gasteiger partial charge in [-0.05, 0) is 47.6 Å². The number of aliphatic carboxylic acids is 1. The Balaban J connectivity index is 1.48. The number of nitrogens with one attached hydrogen (secondary N) is 1. The normalized spacial score (nSPS) is 12.4. The number of ketones is 1. The Bertz CT molecular complexity index is 1220. The molecule has 2 atom stereocenters. The van der Waals surface area contributed by atoms with E-state index in [2.05, 4.69) is 41.7 Å². The van der Waals surface area contributed by atoms with Gasteiger partial charge in [0.2, 0.25) is 11.8 Å². The summed E-state index contributed by atoms with van der Waals surface area (Å²) in [6.07, 6.45) is 0.269. The van der Waals surface area contributed by atoms with Crippen molar-refractivity contribution in [3.05, 3.63) is 84.4 Å². The molecule has 0 fully saturated rings. The quantitative estimate of drug-likeness (QED) is 0.321. The van der Waals surface area contributed by atoms with Gasteiger partial charge in [0, 0.05) is 25.2 Å². The van der Waals surface area contributed by atoms with Crippen LogP contribution in [0.5, 0.6) is 0 Å². The first kappa shape index (κ1) is 27.3. The number of primary amides is 1. The lowest BCUT2D eigenvalue weighted by Gasteiger charge is -2.16. The van der Waals surface area contributed by atoms with Crippen LogP contribution in [0.25, 0.3) is 22.3 Å². The summed E-state index contributed by atoms with van der Waals surface area (Å²) in [6, 6.07) is 25.8. The summed E-state index contributed by atoms with van der Waals surface area (Å²) in [5, 5.41) is 11.4. The van der Waals surface area contributed by atoms with Gasteiger partial charge in [-0.3, -0.25) is 19.2 Å².